The quantitative estimate of drug-likeness (QED) is 0.756. The molecule has 0 aliphatic carbocycles. The number of rotatable bonds is 3. The molecule has 0 fully saturated rings. The van der Waals surface area contributed by atoms with Crippen LogP contribution in [-0.4, -0.2) is 25.3 Å². The van der Waals surface area contributed by atoms with Crippen LogP contribution in [0, 0.1) is 0 Å². The van der Waals surface area contributed by atoms with Crippen LogP contribution in [-0.2, 0) is 6.42 Å². The van der Waals surface area contributed by atoms with E-state index in [0.717, 1.165) is 5.56 Å². The Bertz CT molecular complexity index is 726. The van der Waals surface area contributed by atoms with Gasteiger partial charge < -0.3 is 14.7 Å². The Morgan fingerprint density at radius 2 is 2.05 bits per heavy atom. The first-order valence-corrected chi connectivity index (χ1v) is 5.96. The zero-order valence-corrected chi connectivity index (χ0v) is 10.4. The topological polar surface area (TPSA) is 92.3 Å². The number of hydrogen-bond acceptors (Lipinski definition) is 6. The lowest BCUT2D eigenvalue weighted by atomic mass is 10.2. The standard InChI is InChI=1S/C14H11N3O3/c18-10-3-4-11(12(19)7-10)14-16-13(17-20-14)6-9-2-1-5-15-8-9/h1-5,7-8,18-19H,6H2. The lowest BCUT2D eigenvalue weighted by molar-refractivity contribution is 0.417. The van der Waals surface area contributed by atoms with Gasteiger partial charge in [0, 0.05) is 24.9 Å². The highest BCUT2D eigenvalue weighted by atomic mass is 16.5. The molecule has 0 spiro atoms. The monoisotopic (exact) mass is 269 g/mol. The lowest BCUT2D eigenvalue weighted by Gasteiger charge is -1.99. The first kappa shape index (κ1) is 12.2. The molecule has 3 aromatic rings. The SMILES string of the molecule is Oc1ccc(-c2nc(Cc3cccnc3)no2)c(O)c1. The molecule has 0 atom stereocenters. The summed E-state index contributed by atoms with van der Waals surface area (Å²) in [7, 11) is 0. The van der Waals surface area contributed by atoms with E-state index in [-0.39, 0.29) is 17.4 Å². The van der Waals surface area contributed by atoms with Crippen LogP contribution in [0.3, 0.4) is 0 Å². The Kier molecular flexibility index (Phi) is 3.04. The maximum Gasteiger partial charge on any atom is 0.261 e. The normalized spacial score (nSPS) is 10.6. The zero-order valence-electron chi connectivity index (χ0n) is 10.4. The van der Waals surface area contributed by atoms with Crippen molar-refractivity contribution in [2.75, 3.05) is 0 Å². The van der Waals surface area contributed by atoms with Crippen molar-refractivity contribution >= 4 is 0 Å². The minimum Gasteiger partial charge on any atom is -0.508 e. The number of aromatic hydroxyl groups is 2. The molecule has 6 heteroatoms. The average molecular weight is 269 g/mol. The molecule has 2 heterocycles. The van der Waals surface area contributed by atoms with Gasteiger partial charge >= 0.3 is 0 Å². The first-order valence-electron chi connectivity index (χ1n) is 5.96. The molecule has 1 aromatic carbocycles. The number of nitrogens with zero attached hydrogens (tertiary/aromatic N) is 3. The predicted molar refractivity (Wildman–Crippen MR) is 70.1 cm³/mol. The van der Waals surface area contributed by atoms with Crippen LogP contribution in [0.15, 0.2) is 47.2 Å². The van der Waals surface area contributed by atoms with Crippen molar-refractivity contribution in [3.63, 3.8) is 0 Å². The van der Waals surface area contributed by atoms with Crippen LogP contribution < -0.4 is 0 Å². The summed E-state index contributed by atoms with van der Waals surface area (Å²) in [5.41, 5.74) is 1.35. The largest absolute Gasteiger partial charge is 0.508 e. The van der Waals surface area contributed by atoms with Gasteiger partial charge in [-0.05, 0) is 23.8 Å². The van der Waals surface area contributed by atoms with Gasteiger partial charge in [0.05, 0.1) is 5.56 Å². The van der Waals surface area contributed by atoms with Gasteiger partial charge in [-0.1, -0.05) is 11.2 Å². The summed E-state index contributed by atoms with van der Waals surface area (Å²) in [6, 6.07) is 7.94. The van der Waals surface area contributed by atoms with Gasteiger partial charge in [0.25, 0.3) is 5.89 Å². The maximum atomic E-state index is 9.75. The molecule has 2 aromatic heterocycles. The second kappa shape index (κ2) is 5.00. The number of hydrogen-bond donors (Lipinski definition) is 2. The van der Waals surface area contributed by atoms with E-state index in [1.54, 1.807) is 12.4 Å². The van der Waals surface area contributed by atoms with Crippen LogP contribution in [0.5, 0.6) is 11.5 Å². The van der Waals surface area contributed by atoms with Crippen LogP contribution in [0.2, 0.25) is 0 Å². The van der Waals surface area contributed by atoms with Crippen molar-refractivity contribution in [1.29, 1.82) is 0 Å². The average Bonchev–Trinajstić information content (AvgIpc) is 2.88. The van der Waals surface area contributed by atoms with E-state index in [4.69, 9.17) is 4.52 Å². The summed E-state index contributed by atoms with van der Waals surface area (Å²) in [6.45, 7) is 0. The van der Waals surface area contributed by atoms with Crippen molar-refractivity contribution in [2.24, 2.45) is 0 Å². The molecule has 0 bridgehead atoms. The van der Waals surface area contributed by atoms with Gasteiger partial charge in [0.2, 0.25) is 0 Å². The molecule has 3 rings (SSSR count). The Morgan fingerprint density at radius 3 is 2.80 bits per heavy atom. The van der Waals surface area contributed by atoms with E-state index in [1.807, 2.05) is 12.1 Å². The van der Waals surface area contributed by atoms with E-state index < -0.39 is 0 Å². The van der Waals surface area contributed by atoms with Gasteiger partial charge in [0.1, 0.15) is 11.5 Å². The molecule has 6 nitrogen and oxygen atoms in total. The van der Waals surface area contributed by atoms with Crippen LogP contribution in [0.4, 0.5) is 0 Å². The molecule has 0 saturated carbocycles. The molecule has 2 N–H and O–H groups in total. The minimum absolute atomic E-state index is 0.0265. The fraction of sp³-hybridized carbons (Fsp3) is 0.0714. The summed E-state index contributed by atoms with van der Waals surface area (Å²) >= 11 is 0. The van der Waals surface area contributed by atoms with Gasteiger partial charge in [-0.25, -0.2) is 0 Å². The van der Waals surface area contributed by atoms with Crippen molar-refractivity contribution in [2.45, 2.75) is 6.42 Å². The third kappa shape index (κ3) is 2.44. The second-order valence-corrected chi connectivity index (χ2v) is 4.26. The molecule has 0 amide bonds. The van der Waals surface area contributed by atoms with Gasteiger partial charge in [-0.3, -0.25) is 4.98 Å². The number of pyridine rings is 1. The molecular formula is C14H11N3O3. The first-order chi connectivity index (χ1) is 9.72. The summed E-state index contributed by atoms with van der Waals surface area (Å²) in [5, 5.41) is 22.9. The summed E-state index contributed by atoms with van der Waals surface area (Å²) < 4.78 is 5.12. The fourth-order valence-electron chi connectivity index (χ4n) is 1.82. The Morgan fingerprint density at radius 1 is 1.15 bits per heavy atom. The van der Waals surface area contributed by atoms with Crippen LogP contribution >= 0.6 is 0 Å². The highest BCUT2D eigenvalue weighted by Gasteiger charge is 2.13. The summed E-state index contributed by atoms with van der Waals surface area (Å²) in [6.07, 6.45) is 3.92. The van der Waals surface area contributed by atoms with Crippen molar-refractivity contribution in [3.05, 3.63) is 54.1 Å². The highest BCUT2D eigenvalue weighted by molar-refractivity contribution is 5.63. The van der Waals surface area contributed by atoms with Gasteiger partial charge in [0.15, 0.2) is 5.82 Å². The Hall–Kier alpha value is -2.89. The third-order valence-corrected chi connectivity index (χ3v) is 2.76. The van der Waals surface area contributed by atoms with E-state index in [2.05, 4.69) is 15.1 Å². The van der Waals surface area contributed by atoms with Gasteiger partial charge in [-0.2, -0.15) is 4.98 Å². The minimum atomic E-state index is -0.110. The third-order valence-electron chi connectivity index (χ3n) is 2.76. The molecular weight excluding hydrogens is 258 g/mol. The number of phenolic OH excluding ortho intramolecular Hbond substituents is 2. The maximum absolute atomic E-state index is 9.75. The second-order valence-electron chi connectivity index (χ2n) is 4.26. The number of benzene rings is 1. The van der Waals surface area contributed by atoms with Gasteiger partial charge in [-0.15, -0.1) is 0 Å². The van der Waals surface area contributed by atoms with E-state index in [1.165, 1.54) is 18.2 Å². The Labute approximate surface area is 114 Å². The molecule has 20 heavy (non-hydrogen) atoms. The van der Waals surface area contributed by atoms with Crippen molar-refractivity contribution in [1.82, 2.24) is 15.1 Å². The molecule has 0 saturated heterocycles. The number of phenols is 2. The molecule has 0 unspecified atom stereocenters. The molecule has 0 aliphatic heterocycles. The smallest absolute Gasteiger partial charge is 0.261 e. The highest BCUT2D eigenvalue weighted by Crippen LogP contribution is 2.30. The van der Waals surface area contributed by atoms with Crippen molar-refractivity contribution < 1.29 is 14.7 Å². The Balaban J connectivity index is 1.87. The predicted octanol–water partition coefficient (Wildman–Crippen LogP) is 2.13. The zero-order chi connectivity index (χ0) is 13.9. The lowest BCUT2D eigenvalue weighted by Crippen LogP contribution is -1.91. The number of aromatic nitrogens is 3. The fourth-order valence-corrected chi connectivity index (χ4v) is 1.82. The van der Waals surface area contributed by atoms with Crippen molar-refractivity contribution in [3.8, 4) is 23.0 Å². The van der Waals surface area contributed by atoms with E-state index >= 15 is 0 Å². The molecule has 0 radical (unpaired) electrons. The van der Waals surface area contributed by atoms with Crippen LogP contribution in [0.1, 0.15) is 11.4 Å². The summed E-state index contributed by atoms with van der Waals surface area (Å²) in [4.78, 5) is 8.23. The van der Waals surface area contributed by atoms with E-state index in [9.17, 15) is 10.2 Å². The van der Waals surface area contributed by atoms with E-state index in [0.29, 0.717) is 17.8 Å². The summed E-state index contributed by atoms with van der Waals surface area (Å²) in [5.74, 6) is 0.574. The molecule has 100 valence electrons. The van der Waals surface area contributed by atoms with Crippen LogP contribution in [0.25, 0.3) is 11.5 Å². The molecule has 0 aliphatic rings.